The van der Waals surface area contributed by atoms with Crippen LogP contribution in [0.15, 0.2) is 0 Å². The lowest BCUT2D eigenvalue weighted by atomic mass is 9.74. The molecule has 0 aromatic rings. The van der Waals surface area contributed by atoms with E-state index in [0.717, 1.165) is 25.3 Å². The first-order valence-electron chi connectivity index (χ1n) is 4.10. The van der Waals surface area contributed by atoms with Gasteiger partial charge in [-0.3, -0.25) is 0 Å². The molecule has 2 aliphatic heterocycles. The van der Waals surface area contributed by atoms with Crippen molar-refractivity contribution in [3.8, 4) is 11.8 Å². The fraction of sp³-hybridized carbons (Fsp3) is 0.667. The standard InChI is InChI=1S/C9H11NO2/c1-12-8(11)2-3-9-4-7(5-9)6-10-9/h7,10H,4-6H2,1H3. The van der Waals surface area contributed by atoms with Crippen LogP contribution in [0.1, 0.15) is 12.8 Å². The Kier molecular flexibility index (Phi) is 1.59. The lowest BCUT2D eigenvalue weighted by Crippen LogP contribution is -2.41. The molecule has 0 unspecified atom stereocenters. The van der Waals surface area contributed by atoms with Crippen molar-refractivity contribution in [2.45, 2.75) is 18.4 Å². The van der Waals surface area contributed by atoms with E-state index in [9.17, 15) is 4.79 Å². The zero-order chi connectivity index (χ0) is 8.60. The second kappa shape index (κ2) is 2.49. The Hall–Kier alpha value is -1.01. The van der Waals surface area contributed by atoms with Crippen molar-refractivity contribution in [1.82, 2.24) is 5.32 Å². The van der Waals surface area contributed by atoms with E-state index in [4.69, 9.17) is 0 Å². The van der Waals surface area contributed by atoms with Crippen molar-refractivity contribution in [3.05, 3.63) is 0 Å². The number of hydrogen-bond donors (Lipinski definition) is 1. The number of methoxy groups -OCH3 is 1. The lowest BCUT2D eigenvalue weighted by molar-refractivity contribution is -0.133. The molecule has 3 heteroatoms. The van der Waals surface area contributed by atoms with Crippen LogP contribution in [-0.2, 0) is 9.53 Å². The molecule has 0 atom stereocenters. The molecule has 0 aromatic heterocycles. The second-order valence-electron chi connectivity index (χ2n) is 3.48. The summed E-state index contributed by atoms with van der Waals surface area (Å²) in [6, 6.07) is 0. The number of carbonyl (C=O) groups is 1. The molecule has 0 amide bonds. The van der Waals surface area contributed by atoms with Crippen LogP contribution in [-0.4, -0.2) is 25.2 Å². The quantitative estimate of drug-likeness (QED) is 0.310. The van der Waals surface area contributed by atoms with Gasteiger partial charge >= 0.3 is 5.97 Å². The summed E-state index contributed by atoms with van der Waals surface area (Å²) in [7, 11) is 1.35. The Labute approximate surface area is 71.5 Å². The van der Waals surface area contributed by atoms with E-state index in [1.165, 1.54) is 7.11 Å². The summed E-state index contributed by atoms with van der Waals surface area (Å²) in [6.45, 7) is 1.05. The molecule has 3 fully saturated rings. The minimum atomic E-state index is -0.443. The summed E-state index contributed by atoms with van der Waals surface area (Å²) in [5.41, 5.74) is -0.0428. The summed E-state index contributed by atoms with van der Waals surface area (Å²) in [5.74, 6) is 5.76. The summed E-state index contributed by atoms with van der Waals surface area (Å²) in [4.78, 5) is 10.7. The average molecular weight is 165 g/mol. The van der Waals surface area contributed by atoms with E-state index in [-0.39, 0.29) is 5.54 Å². The van der Waals surface area contributed by atoms with Gasteiger partial charge in [-0.2, -0.15) is 0 Å². The molecule has 3 aliphatic rings. The van der Waals surface area contributed by atoms with Crippen molar-refractivity contribution in [2.75, 3.05) is 13.7 Å². The van der Waals surface area contributed by atoms with Crippen LogP contribution >= 0.6 is 0 Å². The van der Waals surface area contributed by atoms with Gasteiger partial charge in [0.1, 0.15) is 0 Å². The van der Waals surface area contributed by atoms with Gasteiger partial charge in [-0.05, 0) is 25.3 Å². The second-order valence-corrected chi connectivity index (χ2v) is 3.48. The van der Waals surface area contributed by atoms with Gasteiger partial charge in [0.05, 0.1) is 12.6 Å². The highest BCUT2D eigenvalue weighted by atomic mass is 16.5. The molecule has 0 spiro atoms. The monoisotopic (exact) mass is 165 g/mol. The van der Waals surface area contributed by atoms with Crippen molar-refractivity contribution in [2.24, 2.45) is 5.92 Å². The van der Waals surface area contributed by atoms with Crippen molar-refractivity contribution in [3.63, 3.8) is 0 Å². The van der Waals surface area contributed by atoms with Crippen LogP contribution in [0.5, 0.6) is 0 Å². The first-order valence-corrected chi connectivity index (χ1v) is 4.10. The Balaban J connectivity index is 2.01. The molecule has 2 saturated heterocycles. The van der Waals surface area contributed by atoms with Crippen molar-refractivity contribution in [1.29, 1.82) is 0 Å². The molecule has 3 rings (SSSR count). The van der Waals surface area contributed by atoms with E-state index in [1.807, 2.05) is 0 Å². The van der Waals surface area contributed by atoms with Gasteiger partial charge in [0.2, 0.25) is 0 Å². The summed E-state index contributed by atoms with van der Waals surface area (Å²) < 4.78 is 4.43. The Morgan fingerprint density at radius 2 is 2.42 bits per heavy atom. The highest BCUT2D eigenvalue weighted by molar-refractivity contribution is 5.88. The number of fused-ring (bicyclic) bond motifs is 1. The zero-order valence-electron chi connectivity index (χ0n) is 7.02. The molecule has 0 aromatic carbocycles. The van der Waals surface area contributed by atoms with Crippen LogP contribution < -0.4 is 5.32 Å². The maximum Gasteiger partial charge on any atom is 0.384 e. The Bertz CT molecular complexity index is 262. The Morgan fingerprint density at radius 1 is 1.67 bits per heavy atom. The third kappa shape index (κ3) is 1.09. The van der Waals surface area contributed by atoms with Gasteiger partial charge in [-0.15, -0.1) is 0 Å². The molecule has 2 bridgehead atoms. The van der Waals surface area contributed by atoms with Crippen LogP contribution in [0.25, 0.3) is 0 Å². The number of hydrogen-bond acceptors (Lipinski definition) is 3. The van der Waals surface area contributed by atoms with Crippen LogP contribution in [0.3, 0.4) is 0 Å². The molecule has 3 nitrogen and oxygen atoms in total. The molecule has 1 saturated carbocycles. The number of esters is 1. The predicted octanol–water partition coefficient (Wildman–Crippen LogP) is -0.0852. The molecule has 0 radical (unpaired) electrons. The minimum absolute atomic E-state index is 0.0428. The normalized spacial score (nSPS) is 36.2. The molecule has 64 valence electrons. The molecule has 1 N–H and O–H groups in total. The summed E-state index contributed by atoms with van der Waals surface area (Å²) >= 11 is 0. The predicted molar refractivity (Wildman–Crippen MR) is 43.2 cm³/mol. The van der Waals surface area contributed by atoms with E-state index in [2.05, 4.69) is 21.9 Å². The summed E-state index contributed by atoms with van der Waals surface area (Å²) in [6.07, 6.45) is 2.19. The molecule has 1 aliphatic carbocycles. The van der Waals surface area contributed by atoms with Gasteiger partial charge in [-0.1, -0.05) is 5.92 Å². The van der Waals surface area contributed by atoms with E-state index >= 15 is 0 Å². The van der Waals surface area contributed by atoms with E-state index in [0.29, 0.717) is 0 Å². The minimum Gasteiger partial charge on any atom is -0.459 e. The SMILES string of the molecule is COC(=O)C#CC12CC(CN1)C2. The molecule has 2 heterocycles. The number of rotatable bonds is 0. The fourth-order valence-electron chi connectivity index (χ4n) is 1.92. The largest absolute Gasteiger partial charge is 0.459 e. The first-order chi connectivity index (χ1) is 5.74. The maximum absolute atomic E-state index is 10.7. The number of nitrogens with one attached hydrogen (secondary N) is 1. The Morgan fingerprint density at radius 3 is 2.92 bits per heavy atom. The smallest absolute Gasteiger partial charge is 0.384 e. The van der Waals surface area contributed by atoms with Gasteiger partial charge in [0.25, 0.3) is 0 Å². The van der Waals surface area contributed by atoms with Crippen LogP contribution in [0, 0.1) is 17.8 Å². The van der Waals surface area contributed by atoms with Gasteiger partial charge in [0, 0.05) is 5.92 Å². The van der Waals surface area contributed by atoms with Crippen LogP contribution in [0.2, 0.25) is 0 Å². The number of carbonyl (C=O) groups excluding carboxylic acids is 1. The van der Waals surface area contributed by atoms with Crippen molar-refractivity contribution < 1.29 is 9.53 Å². The highest BCUT2D eigenvalue weighted by Gasteiger charge is 2.49. The fourth-order valence-corrected chi connectivity index (χ4v) is 1.92. The van der Waals surface area contributed by atoms with Gasteiger partial charge in [-0.25, -0.2) is 4.79 Å². The third-order valence-corrected chi connectivity index (χ3v) is 2.59. The van der Waals surface area contributed by atoms with E-state index in [1.54, 1.807) is 0 Å². The van der Waals surface area contributed by atoms with Crippen LogP contribution in [0.4, 0.5) is 0 Å². The topological polar surface area (TPSA) is 38.3 Å². The molecular formula is C9H11NO2. The molecular weight excluding hydrogens is 154 g/mol. The first kappa shape index (κ1) is 7.63. The lowest BCUT2D eigenvalue weighted by Gasteiger charge is -2.31. The van der Waals surface area contributed by atoms with Crippen molar-refractivity contribution >= 4 is 5.97 Å². The third-order valence-electron chi connectivity index (χ3n) is 2.59. The van der Waals surface area contributed by atoms with Gasteiger partial charge < -0.3 is 10.1 Å². The average Bonchev–Trinajstić information content (AvgIpc) is 2.57. The highest BCUT2D eigenvalue weighted by Crippen LogP contribution is 2.42. The zero-order valence-corrected chi connectivity index (χ0v) is 7.02. The summed E-state index contributed by atoms with van der Waals surface area (Å²) in [5, 5.41) is 3.31. The van der Waals surface area contributed by atoms with Gasteiger partial charge in [0.15, 0.2) is 0 Å². The molecule has 12 heavy (non-hydrogen) atoms. The maximum atomic E-state index is 10.7. The number of ether oxygens (including phenoxy) is 1. The van der Waals surface area contributed by atoms with E-state index < -0.39 is 5.97 Å².